The van der Waals surface area contributed by atoms with Crippen LogP contribution in [-0.2, 0) is 14.3 Å². The van der Waals surface area contributed by atoms with Gasteiger partial charge in [-0.15, -0.1) is 0 Å². The Morgan fingerprint density at radius 1 is 1.22 bits per heavy atom. The van der Waals surface area contributed by atoms with Crippen LogP contribution >= 0.6 is 0 Å². The summed E-state index contributed by atoms with van der Waals surface area (Å²) in [6.07, 6.45) is 13.9. The molecule has 1 aliphatic heterocycles. The summed E-state index contributed by atoms with van der Waals surface area (Å²) >= 11 is 0. The lowest BCUT2D eigenvalue weighted by molar-refractivity contribution is -0.137. The third kappa shape index (κ3) is 4.80. The van der Waals surface area contributed by atoms with Crippen LogP contribution in [0.5, 0.6) is 0 Å². The lowest BCUT2D eigenvalue weighted by Gasteiger charge is -2.41. The van der Waals surface area contributed by atoms with Gasteiger partial charge in [-0.25, -0.2) is 0 Å². The van der Waals surface area contributed by atoms with Gasteiger partial charge in [0.05, 0.1) is 17.8 Å². The van der Waals surface area contributed by atoms with Gasteiger partial charge in [-0.3, -0.25) is 4.79 Å². The van der Waals surface area contributed by atoms with Crippen LogP contribution in [0.15, 0.2) is 12.2 Å². The molecule has 3 unspecified atom stereocenters. The van der Waals surface area contributed by atoms with Gasteiger partial charge in [0, 0.05) is 18.4 Å². The molecule has 130 valence electrons. The summed E-state index contributed by atoms with van der Waals surface area (Å²) in [6, 6.07) is 0.364. The summed E-state index contributed by atoms with van der Waals surface area (Å²) in [5, 5.41) is 3.12. The molecule has 4 nitrogen and oxygen atoms in total. The van der Waals surface area contributed by atoms with Crippen LogP contribution in [0.2, 0.25) is 0 Å². The molecule has 1 heterocycles. The molecule has 0 saturated heterocycles. The van der Waals surface area contributed by atoms with Crippen molar-refractivity contribution < 1.29 is 14.3 Å². The van der Waals surface area contributed by atoms with Crippen molar-refractivity contribution in [3.05, 3.63) is 12.2 Å². The van der Waals surface area contributed by atoms with Crippen LogP contribution in [0.4, 0.5) is 0 Å². The van der Waals surface area contributed by atoms with Crippen molar-refractivity contribution in [2.45, 2.75) is 89.1 Å². The molecule has 3 rings (SSSR count). The van der Waals surface area contributed by atoms with Crippen LogP contribution in [0.25, 0.3) is 0 Å². The zero-order chi connectivity index (χ0) is 16.3. The summed E-state index contributed by atoms with van der Waals surface area (Å²) in [7, 11) is 0. The molecular weight excluding hydrogens is 290 g/mol. The van der Waals surface area contributed by atoms with Gasteiger partial charge in [0.25, 0.3) is 0 Å². The second-order valence-corrected chi connectivity index (χ2v) is 7.93. The van der Waals surface area contributed by atoms with Gasteiger partial charge in [-0.2, -0.15) is 0 Å². The summed E-state index contributed by atoms with van der Waals surface area (Å²) in [4.78, 5) is 12.1. The molecule has 2 aliphatic carbocycles. The summed E-state index contributed by atoms with van der Waals surface area (Å²) in [5.41, 5.74) is -0.179. The van der Waals surface area contributed by atoms with Crippen LogP contribution in [0.1, 0.15) is 65.2 Å². The van der Waals surface area contributed by atoms with Gasteiger partial charge in [0.2, 0.25) is 5.91 Å². The van der Waals surface area contributed by atoms with Crippen LogP contribution in [0.3, 0.4) is 0 Å². The number of rotatable bonds is 4. The number of nitrogens with one attached hydrogen (secondary N) is 1. The predicted molar refractivity (Wildman–Crippen MR) is 90.2 cm³/mol. The zero-order valence-electron chi connectivity index (χ0n) is 14.6. The summed E-state index contributed by atoms with van der Waals surface area (Å²) in [5.74, 6) is 0.558. The molecule has 2 fully saturated rings. The number of hydrogen-bond donors (Lipinski definition) is 1. The van der Waals surface area contributed by atoms with E-state index in [2.05, 4.69) is 31.3 Å². The second kappa shape index (κ2) is 7.35. The van der Waals surface area contributed by atoms with E-state index < -0.39 is 0 Å². The lowest BCUT2D eigenvalue weighted by atomic mass is 9.81. The Kier molecular flexibility index (Phi) is 5.42. The van der Waals surface area contributed by atoms with E-state index in [1.807, 2.05) is 0 Å². The van der Waals surface area contributed by atoms with Crippen LogP contribution in [-0.4, -0.2) is 36.4 Å². The zero-order valence-corrected chi connectivity index (χ0v) is 14.6. The van der Waals surface area contributed by atoms with Crippen molar-refractivity contribution in [1.82, 2.24) is 5.32 Å². The average molecular weight is 321 g/mol. The second-order valence-electron chi connectivity index (χ2n) is 7.93. The molecular formula is C19H31NO3. The lowest BCUT2D eigenvalue weighted by Crippen LogP contribution is -2.44. The Morgan fingerprint density at radius 2 is 2.00 bits per heavy atom. The van der Waals surface area contributed by atoms with E-state index in [1.54, 1.807) is 0 Å². The minimum atomic E-state index is -0.179. The highest BCUT2D eigenvalue weighted by atomic mass is 16.5. The standard InChI is InChI=1S/C19H31NO3/c1-19(2)11-10-14-8-9-16(12-17(14)23-19)22-13-18(21)20-15-6-4-3-5-7-15/h10-11,14-17H,3-9,12-13H2,1-2H3,(H,20,21). The largest absolute Gasteiger partial charge is 0.368 e. The highest BCUT2D eigenvalue weighted by molar-refractivity contribution is 5.77. The van der Waals surface area contributed by atoms with Crippen molar-refractivity contribution in [2.75, 3.05) is 6.61 Å². The van der Waals surface area contributed by atoms with Crippen molar-refractivity contribution in [2.24, 2.45) is 5.92 Å². The first kappa shape index (κ1) is 17.0. The van der Waals surface area contributed by atoms with Crippen LogP contribution < -0.4 is 5.32 Å². The fourth-order valence-corrected chi connectivity index (χ4v) is 4.12. The maximum atomic E-state index is 12.1. The molecule has 0 bridgehead atoms. The number of carbonyl (C=O) groups excluding carboxylic acids is 1. The summed E-state index contributed by atoms with van der Waals surface area (Å²) < 4.78 is 12.1. The highest BCUT2D eigenvalue weighted by Gasteiger charge is 2.36. The van der Waals surface area contributed by atoms with Crippen molar-refractivity contribution in [3.8, 4) is 0 Å². The molecule has 1 amide bonds. The van der Waals surface area contributed by atoms with Crippen molar-refractivity contribution >= 4 is 5.91 Å². The summed E-state index contributed by atoms with van der Waals surface area (Å²) in [6.45, 7) is 4.39. The molecule has 0 radical (unpaired) electrons. The first-order valence-electron chi connectivity index (χ1n) is 9.30. The van der Waals surface area contributed by atoms with Gasteiger partial charge in [-0.05, 0) is 39.5 Å². The third-order valence-corrected chi connectivity index (χ3v) is 5.42. The Balaban J connectivity index is 1.41. The molecule has 0 aromatic carbocycles. The van der Waals surface area contributed by atoms with E-state index in [9.17, 15) is 4.79 Å². The molecule has 0 aromatic rings. The monoisotopic (exact) mass is 321 g/mol. The molecule has 23 heavy (non-hydrogen) atoms. The third-order valence-electron chi connectivity index (χ3n) is 5.42. The quantitative estimate of drug-likeness (QED) is 0.808. The van der Waals surface area contributed by atoms with Crippen LogP contribution in [0, 0.1) is 5.92 Å². The molecule has 2 saturated carbocycles. The maximum absolute atomic E-state index is 12.1. The van der Waals surface area contributed by atoms with Gasteiger partial charge in [0.15, 0.2) is 0 Å². The van der Waals surface area contributed by atoms with Crippen molar-refractivity contribution in [3.63, 3.8) is 0 Å². The number of amides is 1. The Labute approximate surface area is 140 Å². The Bertz CT molecular complexity index is 440. The first-order valence-corrected chi connectivity index (χ1v) is 9.30. The normalized spacial score (nSPS) is 33.9. The number of ether oxygens (including phenoxy) is 2. The minimum absolute atomic E-state index is 0.0452. The van der Waals surface area contributed by atoms with E-state index in [0.29, 0.717) is 12.0 Å². The number of hydrogen-bond acceptors (Lipinski definition) is 3. The molecule has 3 atom stereocenters. The molecule has 4 heteroatoms. The van der Waals surface area contributed by atoms with E-state index >= 15 is 0 Å². The van der Waals surface area contributed by atoms with Gasteiger partial charge >= 0.3 is 0 Å². The van der Waals surface area contributed by atoms with E-state index in [1.165, 1.54) is 19.3 Å². The molecule has 3 aliphatic rings. The van der Waals surface area contributed by atoms with E-state index in [4.69, 9.17) is 9.47 Å². The van der Waals surface area contributed by atoms with E-state index in [0.717, 1.165) is 32.1 Å². The number of fused-ring (bicyclic) bond motifs is 1. The molecule has 0 spiro atoms. The average Bonchev–Trinajstić information content (AvgIpc) is 2.52. The van der Waals surface area contributed by atoms with Gasteiger partial charge in [0.1, 0.15) is 6.61 Å². The predicted octanol–water partition coefficient (Wildman–Crippen LogP) is 3.35. The molecule has 1 N–H and O–H groups in total. The highest BCUT2D eigenvalue weighted by Crippen LogP contribution is 2.36. The Morgan fingerprint density at radius 3 is 2.78 bits per heavy atom. The fourth-order valence-electron chi connectivity index (χ4n) is 4.12. The smallest absolute Gasteiger partial charge is 0.246 e. The number of carbonyl (C=O) groups is 1. The Hall–Kier alpha value is -0.870. The minimum Gasteiger partial charge on any atom is -0.368 e. The fraction of sp³-hybridized carbons (Fsp3) is 0.842. The molecule has 0 aromatic heterocycles. The topological polar surface area (TPSA) is 47.6 Å². The maximum Gasteiger partial charge on any atom is 0.246 e. The van der Waals surface area contributed by atoms with Crippen molar-refractivity contribution in [1.29, 1.82) is 0 Å². The van der Waals surface area contributed by atoms with E-state index in [-0.39, 0.29) is 30.3 Å². The van der Waals surface area contributed by atoms with Gasteiger partial charge in [-0.1, -0.05) is 31.4 Å². The van der Waals surface area contributed by atoms with Gasteiger partial charge < -0.3 is 14.8 Å². The first-order chi connectivity index (χ1) is 11.0. The SMILES string of the molecule is CC1(C)C=CC2CCC(OCC(=O)NC3CCCCC3)CC2O1.